The van der Waals surface area contributed by atoms with E-state index in [1.807, 2.05) is 19.9 Å². The van der Waals surface area contributed by atoms with Crippen LogP contribution in [0.15, 0.2) is 78.0 Å². The van der Waals surface area contributed by atoms with Crippen molar-refractivity contribution < 1.29 is 13.2 Å². The number of benzene rings is 2. The average molecular weight is 496 g/mol. The molecule has 2 aromatic carbocycles. The molecule has 2 N–H and O–H groups in total. The van der Waals surface area contributed by atoms with Gasteiger partial charge in [0.15, 0.2) is 0 Å². The van der Waals surface area contributed by atoms with Crippen LogP contribution in [0.3, 0.4) is 0 Å². The third-order valence-electron chi connectivity index (χ3n) is 5.88. The Morgan fingerprint density at radius 3 is 2.40 bits per heavy atom. The number of anilines is 2. The molecule has 35 heavy (non-hydrogen) atoms. The van der Waals surface area contributed by atoms with Crippen molar-refractivity contribution in [1.82, 2.24) is 14.6 Å². The summed E-state index contributed by atoms with van der Waals surface area (Å²) in [4.78, 5) is 18.6. The molecule has 2 amide bonds. The van der Waals surface area contributed by atoms with Crippen LogP contribution >= 0.6 is 0 Å². The highest BCUT2D eigenvalue weighted by molar-refractivity contribution is 7.89. The van der Waals surface area contributed by atoms with E-state index in [1.165, 1.54) is 22.0 Å². The van der Waals surface area contributed by atoms with Gasteiger partial charge < -0.3 is 15.5 Å². The highest BCUT2D eigenvalue weighted by atomic mass is 32.2. The molecule has 0 spiro atoms. The Hall–Kier alpha value is -3.43. The van der Waals surface area contributed by atoms with Crippen molar-refractivity contribution in [2.75, 3.05) is 29.9 Å². The summed E-state index contributed by atoms with van der Waals surface area (Å²) in [5, 5.41) is 5.47. The van der Waals surface area contributed by atoms with E-state index >= 15 is 0 Å². The number of urea groups is 1. The zero-order valence-electron chi connectivity index (χ0n) is 19.3. The molecule has 186 valence electrons. The number of hydrogen-bond donors (Lipinski definition) is 2. The number of piperazine rings is 1. The minimum atomic E-state index is -3.63. The number of pyridine rings is 1. The highest BCUT2D eigenvalue weighted by Crippen LogP contribution is 2.25. The molecular formula is C26H33N5O3S. The average Bonchev–Trinajstić information content (AvgIpc) is 2.84. The second-order valence-electron chi connectivity index (χ2n) is 8.43. The lowest BCUT2D eigenvalue weighted by Gasteiger charge is -2.40. The second kappa shape index (κ2) is 11.3. The number of nitrogens with one attached hydrogen (secondary N) is 2. The van der Waals surface area contributed by atoms with Crippen LogP contribution in [0.4, 0.5) is 16.2 Å². The van der Waals surface area contributed by atoms with Crippen molar-refractivity contribution in [3.05, 3.63) is 84.2 Å². The van der Waals surface area contributed by atoms with Crippen LogP contribution in [0.1, 0.15) is 25.5 Å². The number of carbonyl (C=O) groups excluding carboxylic acids is 1. The lowest BCUT2D eigenvalue weighted by atomic mass is 10.1. The number of rotatable bonds is 6. The normalized spacial score (nSPS) is 16.3. The van der Waals surface area contributed by atoms with Gasteiger partial charge in [-0.3, -0.25) is 4.98 Å². The minimum Gasteiger partial charge on any atom is -0.366 e. The van der Waals surface area contributed by atoms with Crippen molar-refractivity contribution >= 4 is 27.4 Å². The van der Waals surface area contributed by atoms with E-state index in [0.717, 1.165) is 11.3 Å². The van der Waals surface area contributed by atoms with Gasteiger partial charge in [-0.2, -0.15) is 4.31 Å². The topological polar surface area (TPSA) is 94.6 Å². The van der Waals surface area contributed by atoms with Gasteiger partial charge in [0.25, 0.3) is 0 Å². The Morgan fingerprint density at radius 1 is 1.06 bits per heavy atom. The maximum absolute atomic E-state index is 13.2. The van der Waals surface area contributed by atoms with Crippen LogP contribution in [0.2, 0.25) is 0 Å². The molecule has 1 aromatic heterocycles. The SMILES string of the molecule is C.Cc1ccc(N2CCN(S(=O)(=O)c3ccc(NC(=O)NCc4cccnc4)cc3)C[C@@H]2C)cc1. The molecule has 3 aromatic rings. The van der Waals surface area contributed by atoms with Crippen LogP contribution < -0.4 is 15.5 Å². The number of sulfonamides is 1. The molecule has 1 aliphatic heterocycles. The van der Waals surface area contributed by atoms with E-state index in [-0.39, 0.29) is 24.4 Å². The molecule has 0 unspecified atom stereocenters. The molecular weight excluding hydrogens is 462 g/mol. The number of aromatic nitrogens is 1. The van der Waals surface area contributed by atoms with Crippen molar-refractivity contribution in [2.45, 2.75) is 38.8 Å². The van der Waals surface area contributed by atoms with Crippen molar-refractivity contribution in [1.29, 1.82) is 0 Å². The highest BCUT2D eigenvalue weighted by Gasteiger charge is 2.32. The maximum Gasteiger partial charge on any atom is 0.319 e. The molecule has 8 nitrogen and oxygen atoms in total. The Kier molecular flexibility index (Phi) is 8.48. The summed E-state index contributed by atoms with van der Waals surface area (Å²) in [6, 6.07) is 17.9. The monoisotopic (exact) mass is 495 g/mol. The molecule has 9 heteroatoms. The fourth-order valence-electron chi connectivity index (χ4n) is 3.98. The summed E-state index contributed by atoms with van der Waals surface area (Å²) in [6.07, 6.45) is 3.35. The van der Waals surface area contributed by atoms with Gasteiger partial charge in [0, 0.05) is 56.0 Å². The van der Waals surface area contributed by atoms with Gasteiger partial charge in [0.2, 0.25) is 10.0 Å². The lowest BCUT2D eigenvalue weighted by molar-refractivity contribution is 0.251. The predicted octanol–water partition coefficient (Wildman–Crippen LogP) is 4.25. The van der Waals surface area contributed by atoms with Gasteiger partial charge in [-0.25, -0.2) is 13.2 Å². The molecule has 0 saturated carbocycles. The fraction of sp³-hybridized carbons (Fsp3) is 0.308. The van der Waals surface area contributed by atoms with E-state index in [1.54, 1.807) is 30.6 Å². The van der Waals surface area contributed by atoms with E-state index < -0.39 is 10.0 Å². The summed E-state index contributed by atoms with van der Waals surface area (Å²) in [5.74, 6) is 0. The van der Waals surface area contributed by atoms with E-state index in [4.69, 9.17) is 0 Å². The van der Waals surface area contributed by atoms with Crippen molar-refractivity contribution in [3.8, 4) is 0 Å². The molecule has 1 aliphatic rings. The molecule has 1 fully saturated rings. The third kappa shape index (κ3) is 6.37. The Morgan fingerprint density at radius 2 is 1.77 bits per heavy atom. The first-order chi connectivity index (χ1) is 16.3. The molecule has 0 bridgehead atoms. The van der Waals surface area contributed by atoms with Gasteiger partial charge in [-0.05, 0) is 61.9 Å². The van der Waals surface area contributed by atoms with Gasteiger partial charge in [-0.15, -0.1) is 0 Å². The molecule has 2 heterocycles. The zero-order valence-corrected chi connectivity index (χ0v) is 20.1. The van der Waals surface area contributed by atoms with Crippen LogP contribution in [0.25, 0.3) is 0 Å². The number of hydrogen-bond acceptors (Lipinski definition) is 5. The molecule has 1 saturated heterocycles. The molecule has 1 atom stereocenters. The van der Waals surface area contributed by atoms with Gasteiger partial charge in [0.1, 0.15) is 0 Å². The predicted molar refractivity (Wildman–Crippen MR) is 140 cm³/mol. The quantitative estimate of drug-likeness (QED) is 0.533. The summed E-state index contributed by atoms with van der Waals surface area (Å²) >= 11 is 0. The first-order valence-corrected chi connectivity index (χ1v) is 12.6. The van der Waals surface area contributed by atoms with E-state index in [2.05, 4.69) is 44.8 Å². The smallest absolute Gasteiger partial charge is 0.319 e. The standard InChI is InChI=1S/C25H29N5O3S.CH4/c1-19-5-9-23(10-6-19)30-15-14-29(18-20(30)2)34(32,33)24-11-7-22(8-12-24)28-25(31)27-17-21-4-3-13-26-16-21;/h3-13,16,20H,14-15,17-18H2,1-2H3,(H2,27,28,31);1H4/t20-;/m0./s1. The van der Waals surface area contributed by atoms with Gasteiger partial charge in [-0.1, -0.05) is 31.2 Å². The Bertz CT molecular complexity index is 1220. The molecule has 0 aliphatic carbocycles. The number of nitrogens with zero attached hydrogens (tertiary/aromatic N) is 3. The molecule has 4 rings (SSSR count). The Labute approximate surface area is 208 Å². The maximum atomic E-state index is 13.2. The summed E-state index contributed by atoms with van der Waals surface area (Å²) in [6.45, 7) is 5.88. The minimum absolute atomic E-state index is 0. The first-order valence-electron chi connectivity index (χ1n) is 11.2. The zero-order chi connectivity index (χ0) is 24.1. The van der Waals surface area contributed by atoms with Crippen molar-refractivity contribution in [3.63, 3.8) is 0 Å². The number of amides is 2. The second-order valence-corrected chi connectivity index (χ2v) is 10.4. The molecule has 0 radical (unpaired) electrons. The summed E-state index contributed by atoms with van der Waals surface area (Å²) < 4.78 is 28.0. The van der Waals surface area contributed by atoms with Crippen LogP contribution in [0, 0.1) is 6.92 Å². The lowest BCUT2D eigenvalue weighted by Crippen LogP contribution is -2.53. The van der Waals surface area contributed by atoms with Gasteiger partial charge >= 0.3 is 6.03 Å². The van der Waals surface area contributed by atoms with Gasteiger partial charge in [0.05, 0.1) is 4.90 Å². The van der Waals surface area contributed by atoms with Crippen LogP contribution in [-0.2, 0) is 16.6 Å². The third-order valence-corrected chi connectivity index (χ3v) is 7.76. The first kappa shape index (κ1) is 26.2. The Balaban J connectivity index is 0.00000342. The fourth-order valence-corrected chi connectivity index (χ4v) is 5.49. The van der Waals surface area contributed by atoms with Crippen molar-refractivity contribution in [2.24, 2.45) is 0 Å². The summed E-state index contributed by atoms with van der Waals surface area (Å²) in [7, 11) is -3.63. The number of aryl methyl sites for hydroxylation is 1. The van der Waals surface area contributed by atoms with Crippen LogP contribution in [-0.4, -0.2) is 49.4 Å². The van der Waals surface area contributed by atoms with E-state index in [9.17, 15) is 13.2 Å². The summed E-state index contributed by atoms with van der Waals surface area (Å²) in [5.41, 5.74) is 3.70. The number of carbonyl (C=O) groups is 1. The largest absolute Gasteiger partial charge is 0.366 e. The van der Waals surface area contributed by atoms with E-state index in [0.29, 0.717) is 31.9 Å². The van der Waals surface area contributed by atoms with Crippen LogP contribution in [0.5, 0.6) is 0 Å².